The fraction of sp³-hybridized carbons (Fsp3) is 0.391. The minimum atomic E-state index is -0.642. The van der Waals surface area contributed by atoms with Crippen LogP contribution in [0.3, 0.4) is 0 Å². The van der Waals surface area contributed by atoms with Crippen LogP contribution < -0.4 is 5.32 Å². The Hall–Kier alpha value is -2.66. The second-order valence-corrected chi connectivity index (χ2v) is 7.96. The molecule has 144 valence electrons. The lowest BCUT2D eigenvalue weighted by Crippen LogP contribution is -2.48. The number of nitrogens with zero attached hydrogens (tertiary/aromatic N) is 1. The van der Waals surface area contributed by atoms with E-state index in [2.05, 4.69) is 12.2 Å². The first-order valence-corrected chi connectivity index (χ1v) is 10.1. The summed E-state index contributed by atoms with van der Waals surface area (Å²) in [5.41, 5.74) is 4.10. The Morgan fingerprint density at radius 3 is 2.93 bits per heavy atom. The lowest BCUT2D eigenvalue weighted by atomic mass is 9.73. The summed E-state index contributed by atoms with van der Waals surface area (Å²) < 4.78 is 5.56. The van der Waals surface area contributed by atoms with Crippen LogP contribution in [0.5, 0.6) is 0 Å². The van der Waals surface area contributed by atoms with Crippen molar-refractivity contribution >= 4 is 17.5 Å². The highest BCUT2D eigenvalue weighted by Crippen LogP contribution is 2.49. The number of rotatable bonds is 3. The van der Waals surface area contributed by atoms with Gasteiger partial charge in [0.1, 0.15) is 0 Å². The van der Waals surface area contributed by atoms with Crippen molar-refractivity contribution in [3.63, 3.8) is 0 Å². The molecule has 1 spiro atoms. The molecule has 5 nitrogen and oxygen atoms in total. The van der Waals surface area contributed by atoms with Gasteiger partial charge in [0.25, 0.3) is 5.91 Å². The molecule has 1 fully saturated rings. The zero-order chi connectivity index (χ0) is 19.3. The highest BCUT2D eigenvalue weighted by Gasteiger charge is 2.58. The maximum absolute atomic E-state index is 13.6. The van der Waals surface area contributed by atoms with Crippen LogP contribution in [0.4, 0.5) is 5.69 Å². The molecule has 3 aliphatic heterocycles. The third-order valence-electron chi connectivity index (χ3n) is 6.58. The predicted octanol–water partition coefficient (Wildman–Crippen LogP) is 3.62. The van der Waals surface area contributed by atoms with Crippen LogP contribution in [0.25, 0.3) is 0 Å². The Morgan fingerprint density at radius 1 is 1.21 bits per heavy atom. The van der Waals surface area contributed by atoms with Crippen molar-refractivity contribution in [2.45, 2.75) is 50.9 Å². The first-order chi connectivity index (χ1) is 13.7. The molecule has 5 heteroatoms. The topological polar surface area (TPSA) is 58.6 Å². The summed E-state index contributed by atoms with van der Waals surface area (Å²) in [5, 5.41) is 3.06. The van der Waals surface area contributed by atoms with E-state index in [4.69, 9.17) is 4.74 Å². The van der Waals surface area contributed by atoms with Gasteiger partial charge in [-0.15, -0.1) is 0 Å². The number of benzene rings is 2. The first-order valence-electron chi connectivity index (χ1n) is 10.1. The maximum Gasteiger partial charge on any atom is 0.254 e. The third-order valence-corrected chi connectivity index (χ3v) is 6.58. The van der Waals surface area contributed by atoms with E-state index in [1.54, 1.807) is 0 Å². The summed E-state index contributed by atoms with van der Waals surface area (Å²) in [6, 6.07) is 13.6. The summed E-state index contributed by atoms with van der Waals surface area (Å²) in [7, 11) is 0. The van der Waals surface area contributed by atoms with Gasteiger partial charge in [0.15, 0.2) is 0 Å². The molecule has 1 saturated heterocycles. The van der Waals surface area contributed by atoms with E-state index in [-0.39, 0.29) is 17.9 Å². The molecule has 3 heterocycles. The van der Waals surface area contributed by atoms with Crippen molar-refractivity contribution < 1.29 is 14.3 Å². The zero-order valence-corrected chi connectivity index (χ0v) is 16.0. The Labute approximate surface area is 164 Å². The van der Waals surface area contributed by atoms with Crippen molar-refractivity contribution in [2.75, 3.05) is 11.9 Å². The number of hydrogen-bond donors (Lipinski definition) is 1. The van der Waals surface area contributed by atoms with Crippen LogP contribution in [0, 0.1) is 0 Å². The van der Waals surface area contributed by atoms with Crippen molar-refractivity contribution in [3.05, 3.63) is 64.7 Å². The maximum atomic E-state index is 13.6. The molecule has 0 radical (unpaired) electrons. The van der Waals surface area contributed by atoms with Gasteiger partial charge in [0.2, 0.25) is 5.91 Å². The molecule has 0 aromatic heterocycles. The number of fused-ring (bicyclic) bond motifs is 3. The molecule has 2 aromatic carbocycles. The van der Waals surface area contributed by atoms with Gasteiger partial charge in [0, 0.05) is 17.8 Å². The normalized spacial score (nSPS) is 25.1. The molecule has 2 aromatic rings. The lowest BCUT2D eigenvalue weighted by molar-refractivity contribution is -0.121. The number of para-hydroxylation sites is 1. The highest BCUT2D eigenvalue weighted by atomic mass is 16.5. The van der Waals surface area contributed by atoms with Gasteiger partial charge in [-0.1, -0.05) is 43.7 Å². The number of anilines is 1. The van der Waals surface area contributed by atoms with Crippen LogP contribution in [0.2, 0.25) is 0 Å². The number of likely N-dealkylation sites (tertiary alicyclic amines) is 1. The molecule has 5 rings (SSSR count). The number of amides is 2. The van der Waals surface area contributed by atoms with Gasteiger partial charge < -0.3 is 15.0 Å². The molecule has 0 saturated carbocycles. The molecule has 1 N–H and O–H groups in total. The van der Waals surface area contributed by atoms with Crippen molar-refractivity contribution in [3.8, 4) is 0 Å². The molecule has 0 aliphatic carbocycles. The number of carbonyl (C=O) groups is 2. The smallest absolute Gasteiger partial charge is 0.254 e. The van der Waals surface area contributed by atoms with E-state index < -0.39 is 5.41 Å². The van der Waals surface area contributed by atoms with Crippen molar-refractivity contribution in [2.24, 2.45) is 0 Å². The van der Waals surface area contributed by atoms with Crippen molar-refractivity contribution in [1.82, 2.24) is 4.90 Å². The molecular weight excluding hydrogens is 352 g/mol. The van der Waals surface area contributed by atoms with Gasteiger partial charge in [-0.05, 0) is 41.7 Å². The van der Waals surface area contributed by atoms with Crippen LogP contribution in [0.1, 0.15) is 53.2 Å². The summed E-state index contributed by atoms with van der Waals surface area (Å²) in [6.45, 7) is 3.75. The van der Waals surface area contributed by atoms with Crippen LogP contribution in [-0.4, -0.2) is 29.3 Å². The van der Waals surface area contributed by atoms with E-state index in [0.717, 1.165) is 40.8 Å². The molecular formula is C23H24N2O3. The predicted molar refractivity (Wildman–Crippen MR) is 106 cm³/mol. The fourth-order valence-corrected chi connectivity index (χ4v) is 5.28. The van der Waals surface area contributed by atoms with Gasteiger partial charge >= 0.3 is 0 Å². The molecule has 0 bridgehead atoms. The molecule has 0 unspecified atom stereocenters. The highest BCUT2D eigenvalue weighted by molar-refractivity contribution is 6.08. The number of nitrogens with one attached hydrogen (secondary N) is 1. The Kier molecular flexibility index (Phi) is 4.02. The SMILES string of the molecule is CCC[C@@H]1N(C(=O)c2cccc3c2COC3)CC[C@]12C(=O)Nc1ccccc12. The van der Waals surface area contributed by atoms with Crippen LogP contribution in [-0.2, 0) is 28.2 Å². The summed E-state index contributed by atoms with van der Waals surface area (Å²) in [4.78, 5) is 28.7. The Morgan fingerprint density at radius 2 is 2.07 bits per heavy atom. The lowest BCUT2D eigenvalue weighted by Gasteiger charge is -2.34. The molecule has 2 atom stereocenters. The Balaban J connectivity index is 1.57. The largest absolute Gasteiger partial charge is 0.372 e. The van der Waals surface area contributed by atoms with Crippen molar-refractivity contribution in [1.29, 1.82) is 0 Å². The number of hydrogen-bond acceptors (Lipinski definition) is 3. The second-order valence-electron chi connectivity index (χ2n) is 7.96. The standard InChI is InChI=1S/C23H24N2O3/c1-2-6-20-23(18-9-3-4-10-19(18)24-22(23)27)11-12-25(20)21(26)16-8-5-7-15-13-28-14-17(15)16/h3-5,7-10,20H,2,6,11-14H2,1H3,(H,24,27)/t20-,23+/m0/s1. The summed E-state index contributed by atoms with van der Waals surface area (Å²) >= 11 is 0. The number of carbonyl (C=O) groups excluding carboxylic acids is 2. The van der Waals surface area contributed by atoms with E-state index in [0.29, 0.717) is 26.2 Å². The van der Waals surface area contributed by atoms with E-state index in [1.165, 1.54) is 0 Å². The van der Waals surface area contributed by atoms with Gasteiger partial charge in [0.05, 0.1) is 24.7 Å². The first kappa shape index (κ1) is 17.4. The summed E-state index contributed by atoms with van der Waals surface area (Å²) in [6.07, 6.45) is 2.39. The van der Waals surface area contributed by atoms with Crippen LogP contribution in [0.15, 0.2) is 42.5 Å². The van der Waals surface area contributed by atoms with Gasteiger partial charge in [-0.2, -0.15) is 0 Å². The van der Waals surface area contributed by atoms with E-state index >= 15 is 0 Å². The van der Waals surface area contributed by atoms with Crippen LogP contribution >= 0.6 is 0 Å². The fourth-order valence-electron chi connectivity index (χ4n) is 5.28. The monoisotopic (exact) mass is 376 g/mol. The molecule has 2 amide bonds. The Bertz CT molecular complexity index is 970. The molecule has 3 aliphatic rings. The average Bonchev–Trinajstić information content (AvgIpc) is 3.40. The minimum absolute atomic E-state index is 0.0230. The van der Waals surface area contributed by atoms with E-state index in [9.17, 15) is 9.59 Å². The average molecular weight is 376 g/mol. The second kappa shape index (κ2) is 6.45. The quantitative estimate of drug-likeness (QED) is 0.890. The van der Waals surface area contributed by atoms with Gasteiger partial charge in [-0.25, -0.2) is 0 Å². The van der Waals surface area contributed by atoms with Gasteiger partial charge in [-0.3, -0.25) is 9.59 Å². The zero-order valence-electron chi connectivity index (χ0n) is 16.0. The molecule has 28 heavy (non-hydrogen) atoms. The third kappa shape index (κ3) is 2.29. The number of ether oxygens (including phenoxy) is 1. The summed E-state index contributed by atoms with van der Waals surface area (Å²) in [5.74, 6) is 0.0546. The minimum Gasteiger partial charge on any atom is -0.372 e. The van der Waals surface area contributed by atoms with E-state index in [1.807, 2.05) is 47.4 Å².